The number of phenols is 1. The summed E-state index contributed by atoms with van der Waals surface area (Å²) in [5.41, 5.74) is 3.14. The smallest absolute Gasteiger partial charge is 0.342 e. The van der Waals surface area contributed by atoms with Gasteiger partial charge >= 0.3 is 6.03 Å². The van der Waals surface area contributed by atoms with Crippen LogP contribution in [-0.2, 0) is 6.54 Å². The molecule has 33 heavy (non-hydrogen) atoms. The summed E-state index contributed by atoms with van der Waals surface area (Å²) in [6.45, 7) is 0.393. The van der Waals surface area contributed by atoms with Gasteiger partial charge in [0, 0.05) is 35.8 Å². The maximum absolute atomic E-state index is 12.9. The van der Waals surface area contributed by atoms with Crippen LogP contribution in [0.3, 0.4) is 0 Å². The van der Waals surface area contributed by atoms with Crippen LogP contribution >= 0.6 is 0 Å². The number of carbonyl (C=O) groups excluding carboxylic acids is 2. The van der Waals surface area contributed by atoms with Gasteiger partial charge in [0.05, 0.1) is 17.6 Å². The van der Waals surface area contributed by atoms with Gasteiger partial charge in [0.25, 0.3) is 5.91 Å². The van der Waals surface area contributed by atoms with Gasteiger partial charge in [0.2, 0.25) is 5.76 Å². The number of aromatic hydroxyl groups is 1. The zero-order valence-electron chi connectivity index (χ0n) is 17.6. The molecule has 9 heteroatoms. The number of carbonyl (C=O) groups is 2. The molecular weight excluding hydrogens is 422 g/mol. The van der Waals surface area contributed by atoms with E-state index in [0.29, 0.717) is 23.5 Å². The first-order valence-corrected chi connectivity index (χ1v) is 10.6. The van der Waals surface area contributed by atoms with Gasteiger partial charge in [0.1, 0.15) is 5.75 Å². The Morgan fingerprint density at radius 2 is 1.91 bits per heavy atom. The molecule has 1 aliphatic carbocycles. The Bertz CT molecular complexity index is 1290. The number of anilines is 1. The molecule has 1 saturated carbocycles. The third kappa shape index (κ3) is 4.47. The molecule has 166 valence electrons. The van der Waals surface area contributed by atoms with Crippen molar-refractivity contribution in [1.29, 1.82) is 0 Å². The number of nitrogens with zero attached hydrogens (tertiary/aromatic N) is 3. The molecule has 5 rings (SSSR count). The zero-order valence-corrected chi connectivity index (χ0v) is 17.6. The van der Waals surface area contributed by atoms with Gasteiger partial charge in [-0.2, -0.15) is 9.78 Å². The molecule has 2 aromatic carbocycles. The summed E-state index contributed by atoms with van der Waals surface area (Å²) in [6.07, 6.45) is 3.37. The van der Waals surface area contributed by atoms with Crippen LogP contribution < -0.4 is 10.6 Å². The average molecular weight is 443 g/mol. The molecule has 3 N–H and O–H groups in total. The molecule has 9 nitrogen and oxygen atoms in total. The Labute approximate surface area is 189 Å². The zero-order chi connectivity index (χ0) is 22.8. The highest BCUT2D eigenvalue weighted by molar-refractivity contribution is 6.02. The fourth-order valence-corrected chi connectivity index (χ4v) is 3.56. The molecule has 0 aliphatic heterocycles. The number of aromatic nitrogens is 3. The Kier molecular flexibility index (Phi) is 5.35. The van der Waals surface area contributed by atoms with E-state index in [1.165, 1.54) is 23.0 Å². The monoisotopic (exact) mass is 443 g/mol. The predicted octanol–water partition coefficient (Wildman–Crippen LogP) is 4.13. The molecule has 2 aromatic heterocycles. The van der Waals surface area contributed by atoms with E-state index in [1.807, 2.05) is 36.4 Å². The van der Waals surface area contributed by atoms with Gasteiger partial charge < -0.3 is 20.3 Å². The molecule has 0 radical (unpaired) electrons. The third-order valence-corrected chi connectivity index (χ3v) is 5.40. The predicted molar refractivity (Wildman–Crippen MR) is 120 cm³/mol. The fraction of sp³-hybridized carbons (Fsp3) is 0.167. The van der Waals surface area contributed by atoms with Crippen molar-refractivity contribution in [2.45, 2.75) is 25.3 Å². The van der Waals surface area contributed by atoms with E-state index in [1.54, 1.807) is 12.1 Å². The minimum Gasteiger partial charge on any atom is -0.507 e. The molecule has 0 spiro atoms. The van der Waals surface area contributed by atoms with E-state index in [0.717, 1.165) is 24.1 Å². The van der Waals surface area contributed by atoms with Crippen LogP contribution in [0.15, 0.2) is 71.4 Å². The summed E-state index contributed by atoms with van der Waals surface area (Å²) in [5, 5.41) is 24.1. The summed E-state index contributed by atoms with van der Waals surface area (Å²) < 4.78 is 6.21. The van der Waals surface area contributed by atoms with Crippen molar-refractivity contribution >= 4 is 17.6 Å². The summed E-state index contributed by atoms with van der Waals surface area (Å²) in [6, 6.07) is 17.3. The Balaban J connectivity index is 1.36. The highest BCUT2D eigenvalue weighted by atomic mass is 16.5. The molecule has 1 fully saturated rings. The molecule has 0 unspecified atom stereocenters. The highest BCUT2D eigenvalue weighted by Crippen LogP contribution is 2.42. The largest absolute Gasteiger partial charge is 0.507 e. The normalized spacial score (nSPS) is 13.0. The third-order valence-electron chi connectivity index (χ3n) is 5.40. The van der Waals surface area contributed by atoms with E-state index in [2.05, 4.69) is 20.9 Å². The second-order valence-corrected chi connectivity index (χ2v) is 7.85. The lowest BCUT2D eigenvalue weighted by Gasteiger charge is -2.08. The van der Waals surface area contributed by atoms with Gasteiger partial charge in [-0.3, -0.25) is 4.79 Å². The average Bonchev–Trinajstić information content (AvgIpc) is 3.33. The minimum absolute atomic E-state index is 0.0629. The van der Waals surface area contributed by atoms with Crippen LogP contribution in [0.1, 0.15) is 40.6 Å². The van der Waals surface area contributed by atoms with E-state index < -0.39 is 5.91 Å². The first-order chi connectivity index (χ1) is 16.1. The van der Waals surface area contributed by atoms with Gasteiger partial charge in [-0.25, -0.2) is 4.79 Å². The topological polar surface area (TPSA) is 122 Å². The summed E-state index contributed by atoms with van der Waals surface area (Å²) in [7, 11) is 0. The Morgan fingerprint density at radius 3 is 2.61 bits per heavy atom. The number of benzene rings is 2. The Morgan fingerprint density at radius 1 is 1.09 bits per heavy atom. The molecule has 2 amide bonds. The summed E-state index contributed by atoms with van der Waals surface area (Å²) in [4.78, 5) is 25.0. The first kappa shape index (κ1) is 20.5. The van der Waals surface area contributed by atoms with Crippen LogP contribution in [0, 0.1) is 0 Å². The maximum atomic E-state index is 12.9. The first-order valence-electron chi connectivity index (χ1n) is 10.6. The van der Waals surface area contributed by atoms with Gasteiger partial charge in [0.15, 0.2) is 0 Å². The van der Waals surface area contributed by atoms with Crippen molar-refractivity contribution < 1.29 is 19.2 Å². The van der Waals surface area contributed by atoms with Gasteiger partial charge in [-0.15, -0.1) is 0 Å². The number of hydrogen-bond acceptors (Lipinski definition) is 6. The molecule has 2 heterocycles. The second kappa shape index (κ2) is 8.62. The lowest BCUT2D eigenvalue weighted by molar-refractivity contribution is 0.0988. The lowest BCUT2D eigenvalue weighted by Crippen LogP contribution is -2.30. The Hall–Kier alpha value is -4.40. The molecular formula is C24H21N5O4. The van der Waals surface area contributed by atoms with Crippen LogP contribution in [0.2, 0.25) is 0 Å². The van der Waals surface area contributed by atoms with Crippen LogP contribution in [0.5, 0.6) is 5.75 Å². The molecule has 0 bridgehead atoms. The van der Waals surface area contributed by atoms with Crippen molar-refractivity contribution in [3.63, 3.8) is 0 Å². The fourth-order valence-electron chi connectivity index (χ4n) is 3.56. The molecule has 1 aliphatic rings. The van der Waals surface area contributed by atoms with Crippen molar-refractivity contribution in [3.8, 4) is 17.0 Å². The number of amides is 2. The molecule has 4 aromatic rings. The van der Waals surface area contributed by atoms with Crippen LogP contribution in [-0.4, -0.2) is 32.0 Å². The molecule has 0 atom stereocenters. The number of nitrogens with one attached hydrogen (secondary N) is 2. The van der Waals surface area contributed by atoms with E-state index in [4.69, 9.17) is 4.52 Å². The molecule has 0 saturated heterocycles. The van der Waals surface area contributed by atoms with E-state index in [-0.39, 0.29) is 23.5 Å². The van der Waals surface area contributed by atoms with Crippen LogP contribution in [0.25, 0.3) is 11.3 Å². The lowest BCUT2D eigenvalue weighted by atomic mass is 10.1. The van der Waals surface area contributed by atoms with Crippen molar-refractivity contribution in [2.24, 2.45) is 0 Å². The number of phenolic OH excluding ortho intramolecular Hbond substituents is 1. The highest BCUT2D eigenvalue weighted by Gasteiger charge is 2.30. The van der Waals surface area contributed by atoms with E-state index in [9.17, 15) is 14.7 Å². The van der Waals surface area contributed by atoms with Crippen molar-refractivity contribution in [1.82, 2.24) is 20.3 Å². The quantitative estimate of drug-likeness (QED) is 0.412. The number of rotatable bonds is 6. The van der Waals surface area contributed by atoms with Crippen molar-refractivity contribution in [3.05, 3.63) is 83.9 Å². The summed E-state index contributed by atoms with van der Waals surface area (Å²) >= 11 is 0. The number of hydrogen-bond donors (Lipinski definition) is 3. The van der Waals surface area contributed by atoms with Crippen LogP contribution in [0.4, 0.5) is 10.5 Å². The second-order valence-electron chi connectivity index (χ2n) is 7.85. The van der Waals surface area contributed by atoms with Gasteiger partial charge in [-0.1, -0.05) is 35.5 Å². The summed E-state index contributed by atoms with van der Waals surface area (Å²) in [5.74, 6) is -0.207. The standard InChI is InChI=1S/C24H21N5O4/c30-21-12-17(27-23(31)22-10-11-26-33-22)8-9-18(21)19-13-20(16-6-7-16)29(28-19)24(32)25-14-15-4-2-1-3-5-15/h1-5,8-13,16,30H,6-7,14H2,(H,25,32)(H,27,31). The SMILES string of the molecule is O=C(Nc1ccc(-c2cc(C3CC3)n(C(=O)NCc3ccccc3)n2)c(O)c1)c1ccno1. The van der Waals surface area contributed by atoms with Crippen molar-refractivity contribution in [2.75, 3.05) is 5.32 Å². The minimum atomic E-state index is -0.477. The maximum Gasteiger partial charge on any atom is 0.342 e. The van der Waals surface area contributed by atoms with E-state index >= 15 is 0 Å². The van der Waals surface area contributed by atoms with Gasteiger partial charge in [-0.05, 0) is 36.6 Å².